The number of carbonyl (C=O) groups is 1. The summed E-state index contributed by atoms with van der Waals surface area (Å²) in [5, 5.41) is 9.14. The van der Waals surface area contributed by atoms with Crippen molar-refractivity contribution < 1.29 is 9.90 Å². The molecule has 0 spiro atoms. The second kappa shape index (κ2) is 6.71. The number of nitrogens with zero attached hydrogens (tertiary/aromatic N) is 2. The van der Waals surface area contributed by atoms with Crippen molar-refractivity contribution in [1.29, 1.82) is 0 Å². The van der Waals surface area contributed by atoms with Gasteiger partial charge in [0, 0.05) is 26.2 Å². The first-order valence-electron chi connectivity index (χ1n) is 7.70. The third kappa shape index (κ3) is 3.69. The van der Waals surface area contributed by atoms with Gasteiger partial charge in [-0.15, -0.1) is 0 Å². The van der Waals surface area contributed by atoms with Crippen LogP contribution in [-0.4, -0.2) is 60.1 Å². The Kier molecular flexibility index (Phi) is 5.22. The molecule has 2 aliphatic rings. The molecule has 3 atom stereocenters. The zero-order chi connectivity index (χ0) is 13.8. The van der Waals surface area contributed by atoms with Gasteiger partial charge >= 0.3 is 0 Å². The fourth-order valence-corrected chi connectivity index (χ4v) is 3.57. The average Bonchev–Trinajstić information content (AvgIpc) is 2.86. The lowest BCUT2D eigenvalue weighted by Crippen LogP contribution is -2.46. The van der Waals surface area contributed by atoms with Gasteiger partial charge in [-0.2, -0.15) is 0 Å². The van der Waals surface area contributed by atoms with E-state index >= 15 is 0 Å². The fraction of sp³-hybridized carbons (Fsp3) is 0.933. The lowest BCUT2D eigenvalue weighted by atomic mass is 9.85. The van der Waals surface area contributed by atoms with Crippen LogP contribution in [0.3, 0.4) is 0 Å². The molecule has 19 heavy (non-hydrogen) atoms. The summed E-state index contributed by atoms with van der Waals surface area (Å²) >= 11 is 0. The predicted molar refractivity (Wildman–Crippen MR) is 75.8 cm³/mol. The topological polar surface area (TPSA) is 43.8 Å². The second-order valence-electron chi connectivity index (χ2n) is 6.41. The zero-order valence-electron chi connectivity index (χ0n) is 12.3. The summed E-state index contributed by atoms with van der Waals surface area (Å²) in [5.41, 5.74) is 0. The first kappa shape index (κ1) is 14.8. The molecule has 4 nitrogen and oxygen atoms in total. The van der Waals surface area contributed by atoms with E-state index in [2.05, 4.69) is 11.8 Å². The summed E-state index contributed by atoms with van der Waals surface area (Å²) in [6.07, 6.45) is 5.99. The number of aliphatic hydroxyl groups excluding tert-OH is 1. The van der Waals surface area contributed by atoms with Gasteiger partial charge in [0.2, 0.25) is 5.91 Å². The third-order valence-corrected chi connectivity index (χ3v) is 4.94. The standard InChI is InChI=1S/C15H28N2O2/c1-12-5-3-4-6-14(12)16(2)15(19)10-17-8-7-13(9-17)11-18/h12-14,18H,3-11H2,1-2H3. The summed E-state index contributed by atoms with van der Waals surface area (Å²) in [5.74, 6) is 1.25. The number of likely N-dealkylation sites (N-methyl/N-ethyl adjacent to an activating group) is 1. The molecular formula is C15H28N2O2. The van der Waals surface area contributed by atoms with E-state index in [1.807, 2.05) is 11.9 Å². The molecule has 4 heteroatoms. The highest BCUT2D eigenvalue weighted by atomic mass is 16.3. The van der Waals surface area contributed by atoms with Crippen LogP contribution in [-0.2, 0) is 4.79 Å². The van der Waals surface area contributed by atoms with Crippen LogP contribution in [0.25, 0.3) is 0 Å². The fourth-order valence-electron chi connectivity index (χ4n) is 3.57. The van der Waals surface area contributed by atoms with Gasteiger partial charge in [0.05, 0.1) is 6.54 Å². The summed E-state index contributed by atoms with van der Waals surface area (Å²) < 4.78 is 0. The van der Waals surface area contributed by atoms with Crippen molar-refractivity contribution in [1.82, 2.24) is 9.80 Å². The van der Waals surface area contributed by atoms with Crippen molar-refractivity contribution in [3.63, 3.8) is 0 Å². The highest BCUT2D eigenvalue weighted by molar-refractivity contribution is 5.78. The number of hydrogen-bond donors (Lipinski definition) is 1. The molecule has 0 aromatic carbocycles. The highest BCUT2D eigenvalue weighted by Crippen LogP contribution is 2.27. The summed E-state index contributed by atoms with van der Waals surface area (Å²) in [6.45, 7) is 4.86. The molecule has 110 valence electrons. The maximum Gasteiger partial charge on any atom is 0.236 e. The normalized spacial score (nSPS) is 32.5. The highest BCUT2D eigenvalue weighted by Gasteiger charge is 2.30. The minimum Gasteiger partial charge on any atom is -0.396 e. The molecular weight excluding hydrogens is 240 g/mol. The van der Waals surface area contributed by atoms with Gasteiger partial charge in [0.25, 0.3) is 0 Å². The molecule has 2 fully saturated rings. The van der Waals surface area contributed by atoms with Crippen molar-refractivity contribution in [2.45, 2.75) is 45.1 Å². The van der Waals surface area contributed by atoms with Crippen LogP contribution >= 0.6 is 0 Å². The van der Waals surface area contributed by atoms with Gasteiger partial charge in [-0.1, -0.05) is 19.8 Å². The Hall–Kier alpha value is -0.610. The maximum atomic E-state index is 12.4. The summed E-state index contributed by atoms with van der Waals surface area (Å²) in [6, 6.07) is 0.428. The molecule has 1 saturated carbocycles. The Morgan fingerprint density at radius 1 is 1.32 bits per heavy atom. The van der Waals surface area contributed by atoms with Crippen LogP contribution in [0.1, 0.15) is 39.0 Å². The van der Waals surface area contributed by atoms with Crippen LogP contribution < -0.4 is 0 Å². The van der Waals surface area contributed by atoms with Crippen molar-refractivity contribution >= 4 is 5.91 Å². The molecule has 0 aromatic heterocycles. The van der Waals surface area contributed by atoms with Gasteiger partial charge in [0.15, 0.2) is 0 Å². The van der Waals surface area contributed by atoms with Crippen molar-refractivity contribution in [2.24, 2.45) is 11.8 Å². The number of hydrogen-bond acceptors (Lipinski definition) is 3. The Morgan fingerprint density at radius 3 is 2.68 bits per heavy atom. The van der Waals surface area contributed by atoms with E-state index in [1.54, 1.807) is 0 Å². The van der Waals surface area contributed by atoms with E-state index in [4.69, 9.17) is 5.11 Å². The largest absolute Gasteiger partial charge is 0.396 e. The lowest BCUT2D eigenvalue weighted by molar-refractivity contribution is -0.134. The number of aliphatic hydroxyl groups is 1. The molecule has 3 unspecified atom stereocenters. The van der Waals surface area contributed by atoms with E-state index in [-0.39, 0.29) is 12.5 Å². The number of likely N-dealkylation sites (tertiary alicyclic amines) is 1. The quantitative estimate of drug-likeness (QED) is 0.837. The monoisotopic (exact) mass is 268 g/mol. The van der Waals surface area contributed by atoms with Gasteiger partial charge in [-0.05, 0) is 37.6 Å². The predicted octanol–water partition coefficient (Wildman–Crippen LogP) is 1.34. The summed E-state index contributed by atoms with van der Waals surface area (Å²) in [4.78, 5) is 16.5. The molecule has 2 rings (SSSR count). The van der Waals surface area contributed by atoms with E-state index in [1.165, 1.54) is 19.3 Å². The molecule has 1 amide bonds. The molecule has 1 aliphatic heterocycles. The van der Waals surface area contributed by atoms with Crippen LogP contribution in [0.15, 0.2) is 0 Å². The second-order valence-corrected chi connectivity index (χ2v) is 6.41. The molecule has 0 aromatic rings. The van der Waals surface area contributed by atoms with Gasteiger partial charge in [-0.3, -0.25) is 9.69 Å². The number of rotatable bonds is 4. The lowest BCUT2D eigenvalue weighted by Gasteiger charge is -2.37. The molecule has 1 heterocycles. The summed E-state index contributed by atoms with van der Waals surface area (Å²) in [7, 11) is 1.97. The first-order valence-corrected chi connectivity index (χ1v) is 7.70. The van der Waals surface area contributed by atoms with Gasteiger partial charge < -0.3 is 10.0 Å². The minimum atomic E-state index is 0.248. The Balaban J connectivity index is 1.82. The number of carbonyl (C=O) groups excluding carboxylic acids is 1. The van der Waals surface area contributed by atoms with Gasteiger partial charge in [0.1, 0.15) is 0 Å². The molecule has 1 N–H and O–H groups in total. The third-order valence-electron chi connectivity index (χ3n) is 4.94. The van der Waals surface area contributed by atoms with E-state index < -0.39 is 0 Å². The van der Waals surface area contributed by atoms with E-state index in [0.29, 0.717) is 24.4 Å². The SMILES string of the molecule is CC1CCCCC1N(C)C(=O)CN1CCC(CO)C1. The van der Waals surface area contributed by atoms with Crippen LogP contribution in [0.5, 0.6) is 0 Å². The van der Waals surface area contributed by atoms with Crippen LogP contribution in [0.4, 0.5) is 0 Å². The maximum absolute atomic E-state index is 12.4. The van der Waals surface area contributed by atoms with Crippen molar-refractivity contribution in [2.75, 3.05) is 33.3 Å². The van der Waals surface area contributed by atoms with Crippen molar-refractivity contribution in [3.8, 4) is 0 Å². The molecule has 1 aliphatic carbocycles. The number of amides is 1. The minimum absolute atomic E-state index is 0.248. The van der Waals surface area contributed by atoms with E-state index in [9.17, 15) is 4.79 Å². The molecule has 0 bridgehead atoms. The molecule has 1 saturated heterocycles. The molecule has 0 radical (unpaired) electrons. The van der Waals surface area contributed by atoms with Gasteiger partial charge in [-0.25, -0.2) is 0 Å². The smallest absolute Gasteiger partial charge is 0.236 e. The Labute approximate surface area is 116 Å². The van der Waals surface area contributed by atoms with E-state index in [0.717, 1.165) is 25.9 Å². The first-order chi connectivity index (χ1) is 9.11. The van der Waals surface area contributed by atoms with Crippen molar-refractivity contribution in [3.05, 3.63) is 0 Å². The Bertz CT molecular complexity index is 309. The van der Waals surface area contributed by atoms with Crippen LogP contribution in [0.2, 0.25) is 0 Å². The Morgan fingerprint density at radius 2 is 2.05 bits per heavy atom. The van der Waals surface area contributed by atoms with Crippen LogP contribution in [0, 0.1) is 11.8 Å². The average molecular weight is 268 g/mol. The zero-order valence-corrected chi connectivity index (χ0v) is 12.3.